The minimum absolute atomic E-state index is 0.00347. The Kier molecular flexibility index (Phi) is 2.02. The van der Waals surface area contributed by atoms with E-state index in [-0.39, 0.29) is 17.6 Å². The zero-order valence-electron chi connectivity index (χ0n) is 6.80. The summed E-state index contributed by atoms with van der Waals surface area (Å²) in [6.07, 6.45) is 2.93. The molecule has 2 heteroatoms. The van der Waals surface area contributed by atoms with Gasteiger partial charge in [0.2, 0.25) is 0 Å². The number of aliphatic hydroxyl groups excluding tert-OH is 1. The third-order valence-corrected chi connectivity index (χ3v) is 2.56. The average Bonchev–Trinajstić information content (AvgIpc) is 1.83. The van der Waals surface area contributed by atoms with Crippen molar-refractivity contribution in [1.29, 1.82) is 0 Å². The molecule has 2 nitrogen and oxygen atoms in total. The van der Waals surface area contributed by atoms with Crippen LogP contribution in [0.3, 0.4) is 0 Å². The van der Waals surface area contributed by atoms with Crippen molar-refractivity contribution in [3.63, 3.8) is 0 Å². The number of rotatable bonds is 0. The number of nitrogens with two attached hydrogens (primary N) is 1. The molecular formula is C8H17NO. The number of hydrogen-bond acceptors (Lipinski definition) is 2. The molecule has 2 atom stereocenters. The lowest BCUT2D eigenvalue weighted by atomic mass is 9.73. The van der Waals surface area contributed by atoms with Crippen molar-refractivity contribution in [2.75, 3.05) is 0 Å². The molecular weight excluding hydrogens is 126 g/mol. The Balaban J connectivity index is 2.60. The fourth-order valence-corrected chi connectivity index (χ4v) is 1.68. The maximum atomic E-state index is 9.58. The van der Waals surface area contributed by atoms with E-state index in [0.29, 0.717) is 0 Å². The van der Waals surface area contributed by atoms with E-state index >= 15 is 0 Å². The molecule has 0 amide bonds. The van der Waals surface area contributed by atoms with Crippen molar-refractivity contribution in [3.8, 4) is 0 Å². The molecule has 0 aromatic carbocycles. The third-order valence-electron chi connectivity index (χ3n) is 2.56. The number of aliphatic hydroxyl groups is 1. The molecule has 0 radical (unpaired) electrons. The highest BCUT2D eigenvalue weighted by molar-refractivity contribution is 4.89. The first-order valence-corrected chi connectivity index (χ1v) is 3.98. The van der Waals surface area contributed by atoms with Crippen LogP contribution in [0.1, 0.15) is 33.1 Å². The molecule has 0 aromatic rings. The molecule has 1 rings (SSSR count). The summed E-state index contributed by atoms with van der Waals surface area (Å²) in [5, 5.41) is 9.58. The van der Waals surface area contributed by atoms with E-state index in [9.17, 15) is 5.11 Å². The quantitative estimate of drug-likeness (QED) is 0.529. The average molecular weight is 143 g/mol. The van der Waals surface area contributed by atoms with Crippen LogP contribution in [-0.4, -0.2) is 17.3 Å². The van der Waals surface area contributed by atoms with Crippen molar-refractivity contribution in [1.82, 2.24) is 0 Å². The highest BCUT2D eigenvalue weighted by Gasteiger charge is 2.35. The van der Waals surface area contributed by atoms with Gasteiger partial charge in [0, 0.05) is 6.04 Å². The highest BCUT2D eigenvalue weighted by atomic mass is 16.3. The SMILES string of the molecule is CC1(C)CCC[C@@H](N)[C@@H]1O. The Morgan fingerprint density at radius 1 is 1.50 bits per heavy atom. The summed E-state index contributed by atoms with van der Waals surface area (Å²) >= 11 is 0. The van der Waals surface area contributed by atoms with Crippen LogP contribution in [0.5, 0.6) is 0 Å². The van der Waals surface area contributed by atoms with Gasteiger partial charge in [-0.05, 0) is 18.3 Å². The molecule has 0 spiro atoms. The molecule has 0 unspecified atom stereocenters. The predicted octanol–water partition coefficient (Wildman–Crippen LogP) is 0.885. The molecule has 0 saturated heterocycles. The summed E-state index contributed by atoms with van der Waals surface area (Å²) in [5.41, 5.74) is 5.74. The Morgan fingerprint density at radius 3 is 2.50 bits per heavy atom. The van der Waals surface area contributed by atoms with Crippen LogP contribution in [0.15, 0.2) is 0 Å². The van der Waals surface area contributed by atoms with Crippen LogP contribution < -0.4 is 5.73 Å². The van der Waals surface area contributed by atoms with Crippen molar-refractivity contribution in [2.24, 2.45) is 11.1 Å². The van der Waals surface area contributed by atoms with E-state index in [0.717, 1.165) is 19.3 Å². The summed E-state index contributed by atoms with van der Waals surface area (Å²) in [6.45, 7) is 4.16. The molecule has 1 saturated carbocycles. The fourth-order valence-electron chi connectivity index (χ4n) is 1.68. The van der Waals surface area contributed by atoms with Gasteiger partial charge in [0.05, 0.1) is 6.10 Å². The zero-order valence-corrected chi connectivity index (χ0v) is 6.80. The standard InChI is InChI=1S/C8H17NO/c1-8(2)5-3-4-6(9)7(8)10/h6-7,10H,3-5,9H2,1-2H3/t6-,7+/m1/s1. The van der Waals surface area contributed by atoms with Gasteiger partial charge in [-0.1, -0.05) is 20.3 Å². The lowest BCUT2D eigenvalue weighted by molar-refractivity contribution is -0.00212. The summed E-state index contributed by atoms with van der Waals surface area (Å²) in [6, 6.07) is 0.00347. The van der Waals surface area contributed by atoms with E-state index < -0.39 is 0 Å². The van der Waals surface area contributed by atoms with Crippen LogP contribution >= 0.6 is 0 Å². The third kappa shape index (κ3) is 1.32. The van der Waals surface area contributed by atoms with Crippen LogP contribution in [0.25, 0.3) is 0 Å². The minimum Gasteiger partial charge on any atom is -0.391 e. The van der Waals surface area contributed by atoms with Gasteiger partial charge < -0.3 is 10.8 Å². The molecule has 0 aliphatic heterocycles. The van der Waals surface area contributed by atoms with Gasteiger partial charge >= 0.3 is 0 Å². The summed E-state index contributed by atoms with van der Waals surface area (Å²) in [4.78, 5) is 0. The maximum absolute atomic E-state index is 9.58. The highest BCUT2D eigenvalue weighted by Crippen LogP contribution is 2.34. The van der Waals surface area contributed by atoms with E-state index in [2.05, 4.69) is 13.8 Å². The largest absolute Gasteiger partial charge is 0.391 e. The Hall–Kier alpha value is -0.0800. The Morgan fingerprint density at radius 2 is 2.10 bits per heavy atom. The van der Waals surface area contributed by atoms with Gasteiger partial charge in [0.25, 0.3) is 0 Å². The predicted molar refractivity (Wildman–Crippen MR) is 41.6 cm³/mol. The molecule has 1 fully saturated rings. The van der Waals surface area contributed by atoms with Crippen LogP contribution in [-0.2, 0) is 0 Å². The van der Waals surface area contributed by atoms with Gasteiger partial charge in [-0.3, -0.25) is 0 Å². The van der Waals surface area contributed by atoms with Crippen molar-refractivity contribution in [3.05, 3.63) is 0 Å². The second-order valence-electron chi connectivity index (χ2n) is 3.99. The summed E-state index contributed by atoms with van der Waals surface area (Å²) in [7, 11) is 0. The molecule has 3 N–H and O–H groups in total. The van der Waals surface area contributed by atoms with Gasteiger partial charge in [-0.15, -0.1) is 0 Å². The lowest BCUT2D eigenvalue weighted by Crippen LogP contribution is -2.47. The normalized spacial score (nSPS) is 39.6. The molecule has 10 heavy (non-hydrogen) atoms. The zero-order chi connectivity index (χ0) is 7.78. The summed E-state index contributed by atoms with van der Waals surface area (Å²) < 4.78 is 0. The molecule has 1 aliphatic carbocycles. The van der Waals surface area contributed by atoms with E-state index in [1.165, 1.54) is 0 Å². The van der Waals surface area contributed by atoms with E-state index in [1.807, 2.05) is 0 Å². The van der Waals surface area contributed by atoms with Gasteiger partial charge in [-0.25, -0.2) is 0 Å². The minimum atomic E-state index is -0.304. The van der Waals surface area contributed by atoms with Crippen molar-refractivity contribution in [2.45, 2.75) is 45.3 Å². The van der Waals surface area contributed by atoms with Gasteiger partial charge in [-0.2, -0.15) is 0 Å². The molecule has 60 valence electrons. The van der Waals surface area contributed by atoms with Gasteiger partial charge in [0.1, 0.15) is 0 Å². The van der Waals surface area contributed by atoms with Crippen molar-refractivity contribution < 1.29 is 5.11 Å². The maximum Gasteiger partial charge on any atom is 0.0741 e. The summed E-state index contributed by atoms with van der Waals surface area (Å²) in [5.74, 6) is 0. The molecule has 0 aromatic heterocycles. The Bertz CT molecular complexity index is 122. The molecule has 0 bridgehead atoms. The van der Waals surface area contributed by atoms with Crippen molar-refractivity contribution >= 4 is 0 Å². The Labute approximate surface area is 62.4 Å². The first kappa shape index (κ1) is 8.02. The topological polar surface area (TPSA) is 46.2 Å². The van der Waals surface area contributed by atoms with Gasteiger partial charge in [0.15, 0.2) is 0 Å². The first-order chi connectivity index (χ1) is 4.54. The van der Waals surface area contributed by atoms with Crippen LogP contribution in [0.2, 0.25) is 0 Å². The second kappa shape index (κ2) is 2.51. The van der Waals surface area contributed by atoms with Crippen LogP contribution in [0.4, 0.5) is 0 Å². The van der Waals surface area contributed by atoms with E-state index in [4.69, 9.17) is 5.73 Å². The second-order valence-corrected chi connectivity index (χ2v) is 3.99. The lowest BCUT2D eigenvalue weighted by Gasteiger charge is -2.38. The molecule has 1 aliphatic rings. The monoisotopic (exact) mass is 143 g/mol. The number of hydrogen-bond donors (Lipinski definition) is 2. The van der Waals surface area contributed by atoms with E-state index in [1.54, 1.807) is 0 Å². The fraction of sp³-hybridized carbons (Fsp3) is 1.00. The first-order valence-electron chi connectivity index (χ1n) is 3.98. The molecule has 0 heterocycles. The smallest absolute Gasteiger partial charge is 0.0741 e. The van der Waals surface area contributed by atoms with Crippen LogP contribution in [0, 0.1) is 5.41 Å².